The number of hydrogen-bond acceptors (Lipinski definition) is 2. The lowest BCUT2D eigenvalue weighted by Gasteiger charge is -2.26. The topological polar surface area (TPSA) is 35.2 Å². The van der Waals surface area contributed by atoms with Crippen LogP contribution >= 0.6 is 0 Å². The van der Waals surface area contributed by atoms with E-state index >= 15 is 0 Å². The van der Waals surface area contributed by atoms with Gasteiger partial charge < -0.3 is 10.5 Å². The van der Waals surface area contributed by atoms with Gasteiger partial charge in [0.2, 0.25) is 0 Å². The average molecular weight is 221 g/mol. The summed E-state index contributed by atoms with van der Waals surface area (Å²) in [6.07, 6.45) is 0. The van der Waals surface area contributed by atoms with Crippen LogP contribution in [-0.2, 0) is 15.7 Å². The third kappa shape index (κ3) is 3.06. The Hall–Kier alpha value is -0.860. The molecule has 0 saturated heterocycles. The van der Waals surface area contributed by atoms with Crippen molar-refractivity contribution in [1.29, 1.82) is 0 Å². The molecule has 1 aromatic rings. The fourth-order valence-corrected chi connectivity index (χ4v) is 1.73. The highest BCUT2D eigenvalue weighted by molar-refractivity contribution is 5.31. The van der Waals surface area contributed by atoms with Crippen molar-refractivity contribution in [3.05, 3.63) is 35.4 Å². The van der Waals surface area contributed by atoms with Gasteiger partial charge in [0.15, 0.2) is 0 Å². The van der Waals surface area contributed by atoms with E-state index in [9.17, 15) is 0 Å². The van der Waals surface area contributed by atoms with Crippen LogP contribution in [0.3, 0.4) is 0 Å². The standard InChI is InChI=1S/C14H23NO/c1-13(2,3)11-6-8-12(9-7-11)14(4,15)10-16-5/h6-9H,10,15H2,1-5H3. The lowest BCUT2D eigenvalue weighted by Crippen LogP contribution is -2.37. The van der Waals surface area contributed by atoms with Crippen molar-refractivity contribution in [2.75, 3.05) is 13.7 Å². The summed E-state index contributed by atoms with van der Waals surface area (Å²) in [5, 5.41) is 0. The molecule has 0 aliphatic heterocycles. The molecule has 16 heavy (non-hydrogen) atoms. The lowest BCUT2D eigenvalue weighted by atomic mass is 9.84. The van der Waals surface area contributed by atoms with E-state index < -0.39 is 5.54 Å². The highest BCUT2D eigenvalue weighted by Crippen LogP contribution is 2.25. The minimum absolute atomic E-state index is 0.185. The van der Waals surface area contributed by atoms with Crippen LogP contribution in [0.4, 0.5) is 0 Å². The van der Waals surface area contributed by atoms with E-state index in [1.54, 1.807) is 7.11 Å². The van der Waals surface area contributed by atoms with E-state index in [1.807, 2.05) is 6.92 Å². The number of hydrogen-bond donors (Lipinski definition) is 1. The fraction of sp³-hybridized carbons (Fsp3) is 0.571. The molecule has 90 valence electrons. The molecule has 0 fully saturated rings. The van der Waals surface area contributed by atoms with Crippen molar-refractivity contribution in [3.8, 4) is 0 Å². The van der Waals surface area contributed by atoms with Gasteiger partial charge in [-0.15, -0.1) is 0 Å². The molecular formula is C14H23NO. The van der Waals surface area contributed by atoms with Crippen LogP contribution in [0.25, 0.3) is 0 Å². The Bertz CT molecular complexity index is 333. The fourth-order valence-electron chi connectivity index (χ4n) is 1.73. The summed E-state index contributed by atoms with van der Waals surface area (Å²) in [4.78, 5) is 0. The van der Waals surface area contributed by atoms with E-state index in [0.717, 1.165) is 5.56 Å². The van der Waals surface area contributed by atoms with Crippen molar-refractivity contribution < 1.29 is 4.74 Å². The molecular weight excluding hydrogens is 198 g/mol. The number of nitrogens with two attached hydrogens (primary N) is 1. The summed E-state index contributed by atoms with van der Waals surface area (Å²) >= 11 is 0. The van der Waals surface area contributed by atoms with Crippen molar-refractivity contribution >= 4 is 0 Å². The molecule has 2 nitrogen and oxygen atoms in total. The first kappa shape index (κ1) is 13.2. The zero-order valence-electron chi connectivity index (χ0n) is 11.0. The Kier molecular flexibility index (Phi) is 3.76. The number of benzene rings is 1. The molecule has 0 bridgehead atoms. The van der Waals surface area contributed by atoms with Gasteiger partial charge in [-0.1, -0.05) is 45.0 Å². The van der Waals surface area contributed by atoms with Gasteiger partial charge in [0.25, 0.3) is 0 Å². The predicted octanol–water partition coefficient (Wildman–Crippen LogP) is 2.80. The molecule has 2 heteroatoms. The van der Waals surface area contributed by atoms with E-state index in [-0.39, 0.29) is 5.41 Å². The van der Waals surface area contributed by atoms with Gasteiger partial charge in [-0.2, -0.15) is 0 Å². The smallest absolute Gasteiger partial charge is 0.0681 e. The van der Waals surface area contributed by atoms with Crippen molar-refractivity contribution in [1.82, 2.24) is 0 Å². The molecule has 0 radical (unpaired) electrons. The highest BCUT2D eigenvalue weighted by Gasteiger charge is 2.21. The molecule has 0 spiro atoms. The van der Waals surface area contributed by atoms with Gasteiger partial charge >= 0.3 is 0 Å². The largest absolute Gasteiger partial charge is 0.382 e. The second-order valence-corrected chi connectivity index (χ2v) is 5.68. The molecule has 0 saturated carbocycles. The Morgan fingerprint density at radius 2 is 1.44 bits per heavy atom. The molecule has 1 unspecified atom stereocenters. The van der Waals surface area contributed by atoms with Crippen LogP contribution in [0.1, 0.15) is 38.8 Å². The van der Waals surface area contributed by atoms with Gasteiger partial charge in [-0.05, 0) is 23.5 Å². The van der Waals surface area contributed by atoms with Crippen LogP contribution in [-0.4, -0.2) is 13.7 Å². The summed E-state index contributed by atoms with van der Waals surface area (Å²) < 4.78 is 5.13. The first-order valence-corrected chi connectivity index (χ1v) is 5.66. The highest BCUT2D eigenvalue weighted by atomic mass is 16.5. The van der Waals surface area contributed by atoms with Crippen LogP contribution in [0.15, 0.2) is 24.3 Å². The SMILES string of the molecule is COCC(C)(N)c1ccc(C(C)(C)C)cc1. The number of rotatable bonds is 3. The molecule has 0 aliphatic rings. The molecule has 1 rings (SSSR count). The van der Waals surface area contributed by atoms with Crippen molar-refractivity contribution in [2.24, 2.45) is 5.73 Å². The third-order valence-electron chi connectivity index (χ3n) is 2.85. The van der Waals surface area contributed by atoms with Crippen molar-refractivity contribution in [3.63, 3.8) is 0 Å². The summed E-state index contributed by atoms with van der Waals surface area (Å²) in [5.74, 6) is 0. The van der Waals surface area contributed by atoms with Gasteiger partial charge in [-0.3, -0.25) is 0 Å². The normalized spacial score (nSPS) is 15.9. The molecule has 0 amide bonds. The van der Waals surface area contributed by atoms with E-state index in [1.165, 1.54) is 5.56 Å². The molecule has 1 aromatic carbocycles. The lowest BCUT2D eigenvalue weighted by molar-refractivity contribution is 0.141. The maximum absolute atomic E-state index is 6.18. The first-order chi connectivity index (χ1) is 7.27. The molecule has 2 N–H and O–H groups in total. The summed E-state index contributed by atoms with van der Waals surface area (Å²) in [7, 11) is 1.68. The molecule has 0 heterocycles. The second-order valence-electron chi connectivity index (χ2n) is 5.68. The maximum atomic E-state index is 6.18. The Labute approximate surface area is 98.8 Å². The average Bonchev–Trinajstić information content (AvgIpc) is 2.16. The zero-order valence-corrected chi connectivity index (χ0v) is 11.0. The summed E-state index contributed by atoms with van der Waals surface area (Å²) in [6, 6.07) is 8.49. The summed E-state index contributed by atoms with van der Waals surface area (Å²) in [6.45, 7) is 9.14. The molecule has 1 atom stereocenters. The van der Waals surface area contributed by atoms with E-state index in [2.05, 4.69) is 45.0 Å². The Morgan fingerprint density at radius 3 is 1.81 bits per heavy atom. The Morgan fingerprint density at radius 1 is 1.00 bits per heavy atom. The van der Waals surface area contributed by atoms with Crippen LogP contribution in [0.2, 0.25) is 0 Å². The number of ether oxygens (including phenoxy) is 1. The minimum Gasteiger partial charge on any atom is -0.382 e. The van der Waals surface area contributed by atoms with Crippen LogP contribution in [0, 0.1) is 0 Å². The first-order valence-electron chi connectivity index (χ1n) is 5.66. The van der Waals surface area contributed by atoms with E-state index in [4.69, 9.17) is 10.5 Å². The predicted molar refractivity (Wildman–Crippen MR) is 68.6 cm³/mol. The number of methoxy groups -OCH3 is 1. The quantitative estimate of drug-likeness (QED) is 0.852. The van der Waals surface area contributed by atoms with Gasteiger partial charge in [0.05, 0.1) is 12.1 Å². The Balaban J connectivity index is 2.95. The van der Waals surface area contributed by atoms with Crippen LogP contribution in [0.5, 0.6) is 0 Å². The van der Waals surface area contributed by atoms with Crippen molar-refractivity contribution in [2.45, 2.75) is 38.6 Å². The second kappa shape index (κ2) is 4.56. The molecule has 0 aliphatic carbocycles. The zero-order chi connectivity index (χ0) is 12.4. The maximum Gasteiger partial charge on any atom is 0.0681 e. The monoisotopic (exact) mass is 221 g/mol. The van der Waals surface area contributed by atoms with Gasteiger partial charge in [0, 0.05) is 7.11 Å². The minimum atomic E-state index is -0.412. The third-order valence-corrected chi connectivity index (χ3v) is 2.85. The van der Waals surface area contributed by atoms with Gasteiger partial charge in [0.1, 0.15) is 0 Å². The molecule has 0 aromatic heterocycles. The van der Waals surface area contributed by atoms with E-state index in [0.29, 0.717) is 6.61 Å². The summed E-state index contributed by atoms with van der Waals surface area (Å²) in [5.41, 5.74) is 8.39. The van der Waals surface area contributed by atoms with Gasteiger partial charge in [-0.25, -0.2) is 0 Å². The van der Waals surface area contributed by atoms with Crippen LogP contribution < -0.4 is 5.73 Å².